The van der Waals surface area contributed by atoms with Crippen LogP contribution in [0, 0.1) is 0 Å². The van der Waals surface area contributed by atoms with Gasteiger partial charge in [0.15, 0.2) is 0 Å². The van der Waals surface area contributed by atoms with Gasteiger partial charge in [0.2, 0.25) is 0 Å². The topological polar surface area (TPSA) is 68.5 Å². The maximum absolute atomic E-state index is 13.0. The number of anilines is 1. The van der Waals surface area contributed by atoms with Gasteiger partial charge >= 0.3 is 0 Å². The fraction of sp³-hybridized carbons (Fsp3) is 0.0417. The van der Waals surface area contributed by atoms with Crippen LogP contribution >= 0.6 is 11.3 Å². The third kappa shape index (κ3) is 4.04. The summed E-state index contributed by atoms with van der Waals surface area (Å²) in [7, 11) is 0. The van der Waals surface area contributed by atoms with Crippen molar-refractivity contribution in [3.05, 3.63) is 101 Å². The summed E-state index contributed by atoms with van der Waals surface area (Å²) < 4.78 is 7.60. The summed E-state index contributed by atoms with van der Waals surface area (Å²) in [5.74, 6) is 1.11. The summed E-state index contributed by atoms with van der Waals surface area (Å²) >= 11 is 1.53. The van der Waals surface area contributed by atoms with E-state index in [-0.39, 0.29) is 5.91 Å². The number of imidazole rings is 1. The first-order valence-electron chi connectivity index (χ1n) is 9.72. The molecule has 1 N–H and O–H groups in total. The molecular formula is C24H18N4O2S. The quantitative estimate of drug-likeness (QED) is 0.401. The lowest BCUT2D eigenvalue weighted by Gasteiger charge is -2.09. The molecule has 0 atom stereocenters. The van der Waals surface area contributed by atoms with Crippen LogP contribution in [0.3, 0.4) is 0 Å². The van der Waals surface area contributed by atoms with E-state index in [1.54, 1.807) is 29.8 Å². The largest absolute Gasteiger partial charge is 0.487 e. The average molecular weight is 427 g/mol. The van der Waals surface area contributed by atoms with Crippen molar-refractivity contribution in [2.45, 2.75) is 6.61 Å². The van der Waals surface area contributed by atoms with E-state index in [0.717, 1.165) is 22.6 Å². The van der Waals surface area contributed by atoms with E-state index >= 15 is 0 Å². The van der Waals surface area contributed by atoms with Gasteiger partial charge in [-0.2, -0.15) is 0 Å². The van der Waals surface area contributed by atoms with E-state index in [9.17, 15) is 4.79 Å². The third-order valence-corrected chi connectivity index (χ3v) is 5.43. The van der Waals surface area contributed by atoms with E-state index < -0.39 is 0 Å². The smallest absolute Gasteiger partial charge is 0.256 e. The average Bonchev–Trinajstić information content (AvgIpc) is 3.47. The minimum absolute atomic E-state index is 0.214. The number of fused-ring (bicyclic) bond motifs is 1. The minimum atomic E-state index is -0.214. The highest BCUT2D eigenvalue weighted by Gasteiger charge is 2.17. The van der Waals surface area contributed by atoms with Gasteiger partial charge in [0, 0.05) is 22.7 Å². The van der Waals surface area contributed by atoms with E-state index in [1.165, 1.54) is 11.3 Å². The number of nitrogens with zero attached hydrogens (tertiary/aromatic N) is 3. The Morgan fingerprint density at radius 1 is 1.00 bits per heavy atom. The summed E-state index contributed by atoms with van der Waals surface area (Å²) in [6.45, 7) is 0.400. The number of rotatable bonds is 6. The first kappa shape index (κ1) is 19.0. The van der Waals surface area contributed by atoms with Crippen molar-refractivity contribution in [3.63, 3.8) is 0 Å². The van der Waals surface area contributed by atoms with Crippen LogP contribution in [0.4, 0.5) is 5.82 Å². The molecule has 0 aliphatic rings. The lowest BCUT2D eigenvalue weighted by atomic mass is 10.1. The molecule has 0 saturated carbocycles. The molecule has 0 aliphatic carbocycles. The van der Waals surface area contributed by atoms with Gasteiger partial charge in [-0.25, -0.2) is 9.97 Å². The second kappa shape index (κ2) is 8.41. The van der Waals surface area contributed by atoms with Crippen LogP contribution in [0.15, 0.2) is 89.9 Å². The number of ether oxygens (including phenoxy) is 1. The normalized spacial score (nSPS) is 10.8. The van der Waals surface area contributed by atoms with Crippen molar-refractivity contribution in [2.24, 2.45) is 0 Å². The summed E-state index contributed by atoms with van der Waals surface area (Å²) in [5.41, 5.74) is 5.62. The van der Waals surface area contributed by atoms with Gasteiger partial charge < -0.3 is 10.1 Å². The van der Waals surface area contributed by atoms with Crippen molar-refractivity contribution in [1.82, 2.24) is 14.4 Å². The van der Waals surface area contributed by atoms with Gasteiger partial charge in [-0.05, 0) is 36.4 Å². The molecule has 0 unspecified atom stereocenters. The Morgan fingerprint density at radius 3 is 2.58 bits per heavy atom. The SMILES string of the molecule is O=C(Nc1c(-c2ccccc2)nc2ccccn12)c1ccc(OCc2cscn2)cc1. The minimum Gasteiger partial charge on any atom is -0.487 e. The molecule has 31 heavy (non-hydrogen) atoms. The molecule has 0 spiro atoms. The van der Waals surface area contributed by atoms with E-state index in [1.807, 2.05) is 64.5 Å². The molecule has 1 amide bonds. The summed E-state index contributed by atoms with van der Waals surface area (Å²) in [5, 5.41) is 4.98. The zero-order valence-corrected chi connectivity index (χ0v) is 17.3. The molecule has 2 aromatic carbocycles. The van der Waals surface area contributed by atoms with Crippen molar-refractivity contribution in [2.75, 3.05) is 5.32 Å². The van der Waals surface area contributed by atoms with Crippen LogP contribution in [0.1, 0.15) is 16.1 Å². The number of aromatic nitrogens is 3. The van der Waals surface area contributed by atoms with Gasteiger partial charge in [0.05, 0.1) is 11.2 Å². The van der Waals surface area contributed by atoms with Crippen LogP contribution in [-0.4, -0.2) is 20.3 Å². The number of benzene rings is 2. The van der Waals surface area contributed by atoms with Crippen LogP contribution in [0.25, 0.3) is 16.9 Å². The Kier molecular flexibility index (Phi) is 5.16. The number of carbonyl (C=O) groups is 1. The zero-order valence-electron chi connectivity index (χ0n) is 16.4. The molecule has 0 bridgehead atoms. The number of nitrogens with one attached hydrogen (secondary N) is 1. The molecule has 3 heterocycles. The van der Waals surface area contributed by atoms with Crippen LogP contribution in [0.2, 0.25) is 0 Å². The molecule has 0 radical (unpaired) electrons. The van der Waals surface area contributed by atoms with Crippen molar-refractivity contribution in [1.29, 1.82) is 0 Å². The zero-order chi connectivity index (χ0) is 21.0. The maximum atomic E-state index is 13.0. The molecule has 6 nitrogen and oxygen atoms in total. The molecule has 7 heteroatoms. The Hall–Kier alpha value is -3.97. The van der Waals surface area contributed by atoms with Crippen LogP contribution in [-0.2, 0) is 6.61 Å². The fourth-order valence-corrected chi connectivity index (χ4v) is 3.80. The van der Waals surface area contributed by atoms with E-state index in [4.69, 9.17) is 9.72 Å². The van der Waals surface area contributed by atoms with Gasteiger partial charge in [-0.3, -0.25) is 9.20 Å². The number of hydrogen-bond donors (Lipinski definition) is 1. The van der Waals surface area contributed by atoms with E-state index in [0.29, 0.717) is 23.7 Å². The standard InChI is InChI=1S/C24H18N4O2S/c29-24(18-9-11-20(12-10-18)30-14-19-15-31-16-25-19)27-23-22(17-6-2-1-3-7-17)26-21-8-4-5-13-28(21)23/h1-13,15-16H,14H2,(H,27,29). The number of hydrogen-bond acceptors (Lipinski definition) is 5. The Balaban J connectivity index is 1.39. The number of carbonyl (C=O) groups excluding carboxylic acids is 1. The highest BCUT2D eigenvalue weighted by Crippen LogP contribution is 2.29. The number of pyridine rings is 1. The fourth-order valence-electron chi connectivity index (χ4n) is 3.26. The van der Waals surface area contributed by atoms with Crippen molar-refractivity contribution < 1.29 is 9.53 Å². The summed E-state index contributed by atoms with van der Waals surface area (Å²) in [6, 6.07) is 22.6. The Bertz CT molecular complexity index is 1310. The molecule has 152 valence electrons. The van der Waals surface area contributed by atoms with E-state index in [2.05, 4.69) is 10.3 Å². The molecule has 5 aromatic rings. The molecular weight excluding hydrogens is 408 g/mol. The second-order valence-electron chi connectivity index (χ2n) is 6.85. The first-order valence-corrected chi connectivity index (χ1v) is 10.7. The highest BCUT2D eigenvalue weighted by atomic mass is 32.1. The number of thiazole rings is 1. The number of amides is 1. The third-order valence-electron chi connectivity index (χ3n) is 4.80. The van der Waals surface area contributed by atoms with Crippen LogP contribution < -0.4 is 10.1 Å². The Morgan fingerprint density at radius 2 is 1.81 bits per heavy atom. The van der Waals surface area contributed by atoms with Crippen molar-refractivity contribution >= 4 is 28.7 Å². The van der Waals surface area contributed by atoms with Crippen LogP contribution in [0.5, 0.6) is 5.75 Å². The predicted octanol–water partition coefficient (Wildman–Crippen LogP) is 5.29. The highest BCUT2D eigenvalue weighted by molar-refractivity contribution is 7.07. The molecule has 5 rings (SSSR count). The Labute approximate surface area is 182 Å². The first-order chi connectivity index (χ1) is 15.3. The molecule has 0 aliphatic heterocycles. The molecule has 0 saturated heterocycles. The van der Waals surface area contributed by atoms with Gasteiger partial charge in [-0.15, -0.1) is 11.3 Å². The van der Waals surface area contributed by atoms with Gasteiger partial charge in [0.1, 0.15) is 29.5 Å². The predicted molar refractivity (Wildman–Crippen MR) is 121 cm³/mol. The lowest BCUT2D eigenvalue weighted by Crippen LogP contribution is -2.14. The second-order valence-corrected chi connectivity index (χ2v) is 7.57. The molecule has 0 fully saturated rings. The monoisotopic (exact) mass is 426 g/mol. The summed E-state index contributed by atoms with van der Waals surface area (Å²) in [4.78, 5) is 21.9. The maximum Gasteiger partial charge on any atom is 0.256 e. The van der Waals surface area contributed by atoms with Gasteiger partial charge in [0.25, 0.3) is 5.91 Å². The molecule has 3 aromatic heterocycles. The van der Waals surface area contributed by atoms with Gasteiger partial charge in [-0.1, -0.05) is 36.4 Å². The van der Waals surface area contributed by atoms with Crippen molar-refractivity contribution in [3.8, 4) is 17.0 Å². The lowest BCUT2D eigenvalue weighted by molar-refractivity contribution is 0.102. The summed E-state index contributed by atoms with van der Waals surface area (Å²) in [6.07, 6.45) is 1.89.